The monoisotopic (exact) mass is 344 g/mol. The molecular weight excluding hydrogens is 328 g/mol. The molecule has 122 valence electrons. The van der Waals surface area contributed by atoms with Crippen molar-refractivity contribution in [3.8, 4) is 0 Å². The maximum Gasteiger partial charge on any atom is 0.158 e. The molecule has 0 saturated carbocycles. The number of rotatable bonds is 4. The summed E-state index contributed by atoms with van der Waals surface area (Å²) in [6.07, 6.45) is 2.08. The Morgan fingerprint density at radius 2 is 1.39 bits per heavy atom. The molecule has 0 N–H and O–H groups in total. The fourth-order valence-corrected chi connectivity index (χ4v) is 1.95. The maximum absolute atomic E-state index is 11.6. The Hall–Kier alpha value is -2.48. The average Bonchev–Trinajstić information content (AvgIpc) is 3.28. The van der Waals surface area contributed by atoms with Gasteiger partial charge in [-0.3, -0.25) is 0 Å². The van der Waals surface area contributed by atoms with Crippen LogP contribution < -0.4 is 0 Å². The van der Waals surface area contributed by atoms with E-state index in [1.54, 1.807) is 6.08 Å². The van der Waals surface area contributed by atoms with E-state index in [4.69, 9.17) is 0 Å². The van der Waals surface area contributed by atoms with E-state index in [2.05, 4.69) is 0 Å². The molecule has 3 aromatic rings. The van der Waals surface area contributed by atoms with Crippen LogP contribution in [0.1, 0.15) is 11.1 Å². The summed E-state index contributed by atoms with van der Waals surface area (Å²) >= 11 is 0. The molecule has 2 nitrogen and oxygen atoms in total. The van der Waals surface area contributed by atoms with Crippen molar-refractivity contribution in [3.63, 3.8) is 0 Å². The van der Waals surface area contributed by atoms with Gasteiger partial charge in [0.25, 0.3) is 0 Å². The standard InChI is InChI=1S/C15H11O2.C5H5.Fe/c16-11-15(17)14(13-8-4-5-9-13)10-12-6-2-1-3-7-12;1-2-4-5-3-1;/h1-11H;1-5H;/q-1;-5;. The normalized spacial score (nSPS) is 10.0. The fraction of sp³-hybridized carbons (Fsp3) is 0. The van der Waals surface area contributed by atoms with E-state index in [1.807, 2.05) is 84.9 Å². The predicted octanol–water partition coefficient (Wildman–Crippen LogP) is 4.12. The second-order valence-electron chi connectivity index (χ2n) is 4.59. The molecule has 0 aliphatic rings. The van der Waals surface area contributed by atoms with Crippen LogP contribution in [0.4, 0.5) is 0 Å². The predicted molar refractivity (Wildman–Crippen MR) is 89.5 cm³/mol. The van der Waals surface area contributed by atoms with E-state index in [0.717, 1.165) is 11.1 Å². The Kier molecular flexibility index (Phi) is 8.30. The Bertz CT molecular complexity index is 691. The van der Waals surface area contributed by atoms with Crippen LogP contribution in [0.3, 0.4) is 0 Å². The first kappa shape index (κ1) is 18.6. The quantitative estimate of drug-likeness (QED) is 0.235. The van der Waals surface area contributed by atoms with E-state index in [1.165, 1.54) is 0 Å². The minimum absolute atomic E-state index is 0. The van der Waals surface area contributed by atoms with Gasteiger partial charge in [0.05, 0.1) is 0 Å². The largest absolute Gasteiger partial charge is 0.748 e. The van der Waals surface area contributed by atoms with E-state index in [9.17, 15) is 9.59 Å². The van der Waals surface area contributed by atoms with E-state index >= 15 is 0 Å². The molecular formula is C20H16FeO2-6. The first-order valence-corrected chi connectivity index (χ1v) is 6.96. The van der Waals surface area contributed by atoms with Crippen molar-refractivity contribution in [2.75, 3.05) is 0 Å². The van der Waals surface area contributed by atoms with Gasteiger partial charge in [0.1, 0.15) is 0 Å². The summed E-state index contributed by atoms with van der Waals surface area (Å²) in [5, 5.41) is 0. The van der Waals surface area contributed by atoms with Gasteiger partial charge in [-0.05, 0) is 0 Å². The minimum Gasteiger partial charge on any atom is -0.748 e. The number of carbonyl (C=O) groups is 2. The fourth-order valence-electron chi connectivity index (χ4n) is 1.95. The molecule has 0 bridgehead atoms. The van der Waals surface area contributed by atoms with Gasteiger partial charge in [-0.2, -0.15) is 12.1 Å². The van der Waals surface area contributed by atoms with E-state index < -0.39 is 5.78 Å². The first-order valence-electron chi connectivity index (χ1n) is 6.96. The number of allylic oxidation sites excluding steroid dienone is 1. The van der Waals surface area contributed by atoms with Crippen LogP contribution in [0.5, 0.6) is 0 Å². The molecule has 0 saturated heterocycles. The molecule has 0 amide bonds. The smallest absolute Gasteiger partial charge is 0.158 e. The van der Waals surface area contributed by atoms with Crippen LogP contribution in [-0.2, 0) is 26.7 Å². The van der Waals surface area contributed by atoms with Gasteiger partial charge in [-0.1, -0.05) is 47.0 Å². The van der Waals surface area contributed by atoms with Crippen LogP contribution in [0.25, 0.3) is 11.6 Å². The molecule has 0 radical (unpaired) electrons. The zero-order chi connectivity index (χ0) is 15.6. The van der Waals surface area contributed by atoms with Crippen molar-refractivity contribution in [1.82, 2.24) is 0 Å². The molecule has 0 unspecified atom stereocenters. The third kappa shape index (κ3) is 6.03. The van der Waals surface area contributed by atoms with Gasteiger partial charge < -0.3 is 39.9 Å². The second-order valence-corrected chi connectivity index (χ2v) is 4.59. The van der Waals surface area contributed by atoms with Crippen molar-refractivity contribution in [1.29, 1.82) is 0 Å². The number of aldehydes is 1. The number of hydrogen-bond acceptors (Lipinski definition) is 2. The molecule has 3 aromatic carbocycles. The molecule has 3 rings (SSSR count). The van der Waals surface area contributed by atoms with E-state index in [0.29, 0.717) is 11.9 Å². The average molecular weight is 344 g/mol. The second kappa shape index (κ2) is 10.3. The van der Waals surface area contributed by atoms with Crippen molar-refractivity contribution in [2.24, 2.45) is 0 Å². The molecule has 0 heterocycles. The molecule has 3 heteroatoms. The molecule has 0 aliphatic carbocycles. The Balaban J connectivity index is 0.000000377. The molecule has 0 aliphatic heterocycles. The summed E-state index contributed by atoms with van der Waals surface area (Å²) in [7, 11) is 0. The summed E-state index contributed by atoms with van der Waals surface area (Å²) in [6.45, 7) is 0. The number of Topliss-reactive ketones (excluding diaryl/α,β-unsaturated/α-hetero) is 1. The van der Waals surface area contributed by atoms with Gasteiger partial charge >= 0.3 is 0 Å². The number of benzene rings is 1. The topological polar surface area (TPSA) is 34.1 Å². The molecule has 0 spiro atoms. The number of hydrogen-bond donors (Lipinski definition) is 0. The van der Waals surface area contributed by atoms with Crippen LogP contribution >= 0.6 is 0 Å². The minimum atomic E-state index is -0.500. The maximum atomic E-state index is 11.6. The number of ketones is 1. The third-order valence-corrected chi connectivity index (χ3v) is 3.01. The SMILES string of the molecule is O=CC(=O)C(=Cc1ccccc1)[c-]1cccc1.[Fe].[cH-]1[cH-][cH-][cH-][cH-]1. The van der Waals surface area contributed by atoms with Crippen LogP contribution in [0.2, 0.25) is 0 Å². The molecule has 0 fully saturated rings. The van der Waals surface area contributed by atoms with E-state index in [-0.39, 0.29) is 17.1 Å². The van der Waals surface area contributed by atoms with Crippen molar-refractivity contribution in [3.05, 3.63) is 96.1 Å². The summed E-state index contributed by atoms with van der Waals surface area (Å²) in [4.78, 5) is 22.2. The molecule has 0 atom stereocenters. The Morgan fingerprint density at radius 3 is 1.87 bits per heavy atom. The summed E-state index contributed by atoms with van der Waals surface area (Å²) in [5.74, 6) is -0.500. The summed E-state index contributed by atoms with van der Waals surface area (Å²) in [6, 6.07) is 26.8. The van der Waals surface area contributed by atoms with Gasteiger partial charge in [-0.15, -0.1) is 18.2 Å². The number of carbonyl (C=O) groups excluding carboxylic acids is 2. The van der Waals surface area contributed by atoms with Crippen molar-refractivity contribution < 1.29 is 26.7 Å². The zero-order valence-corrected chi connectivity index (χ0v) is 13.5. The van der Waals surface area contributed by atoms with Gasteiger partial charge in [0.2, 0.25) is 0 Å². The van der Waals surface area contributed by atoms with Gasteiger partial charge in [0.15, 0.2) is 12.1 Å². The van der Waals surface area contributed by atoms with Crippen molar-refractivity contribution >= 4 is 23.7 Å². The van der Waals surface area contributed by atoms with Gasteiger partial charge in [0, 0.05) is 17.1 Å². The van der Waals surface area contributed by atoms with Crippen LogP contribution in [0, 0.1) is 0 Å². The first-order chi connectivity index (χ1) is 10.8. The third-order valence-electron chi connectivity index (χ3n) is 3.01. The van der Waals surface area contributed by atoms with Crippen LogP contribution in [-0.4, -0.2) is 12.1 Å². The Morgan fingerprint density at radius 1 is 0.870 bits per heavy atom. The van der Waals surface area contributed by atoms with Gasteiger partial charge in [-0.25, -0.2) is 0 Å². The zero-order valence-electron chi connectivity index (χ0n) is 12.4. The summed E-state index contributed by atoms with van der Waals surface area (Å²) < 4.78 is 0. The molecule has 0 aromatic heterocycles. The Labute approximate surface area is 146 Å². The summed E-state index contributed by atoms with van der Waals surface area (Å²) in [5.41, 5.74) is 2.10. The van der Waals surface area contributed by atoms with Crippen LogP contribution in [0.15, 0.2) is 84.9 Å². The van der Waals surface area contributed by atoms with Crippen molar-refractivity contribution in [2.45, 2.75) is 0 Å². The molecule has 23 heavy (non-hydrogen) atoms.